The Labute approximate surface area is 250 Å². The predicted octanol–water partition coefficient (Wildman–Crippen LogP) is 5.85. The number of primary amides is 1. The third kappa shape index (κ3) is 7.58. The molecule has 0 fully saturated rings. The topological polar surface area (TPSA) is 95.7 Å². The smallest absolute Gasteiger partial charge is 0.251 e. The van der Waals surface area contributed by atoms with Crippen LogP contribution in [0.15, 0.2) is 84.9 Å². The van der Waals surface area contributed by atoms with Crippen molar-refractivity contribution in [3.8, 4) is 0 Å². The molecule has 0 aromatic heterocycles. The van der Waals surface area contributed by atoms with E-state index in [-0.39, 0.29) is 24.3 Å². The number of benzene rings is 3. The van der Waals surface area contributed by atoms with Crippen LogP contribution in [0.4, 0.5) is 17.1 Å². The molecule has 1 unspecified atom stereocenters. The molecule has 3 aromatic carbocycles. The summed E-state index contributed by atoms with van der Waals surface area (Å²) in [6.45, 7) is 6.85. The van der Waals surface area contributed by atoms with E-state index in [1.54, 1.807) is 4.90 Å². The van der Waals surface area contributed by atoms with Crippen LogP contribution < -0.4 is 20.9 Å². The first-order valence-electron chi connectivity index (χ1n) is 15.2. The molecule has 222 valence electrons. The van der Waals surface area contributed by atoms with Crippen LogP contribution in [0.3, 0.4) is 0 Å². The summed E-state index contributed by atoms with van der Waals surface area (Å²) in [6.07, 6.45) is 3.46. The van der Waals surface area contributed by atoms with Crippen molar-refractivity contribution in [1.82, 2.24) is 5.32 Å². The van der Waals surface area contributed by atoms with E-state index in [4.69, 9.17) is 5.73 Å². The lowest BCUT2D eigenvalue weighted by atomic mass is 9.81. The molecule has 0 saturated carbocycles. The quantitative estimate of drug-likeness (QED) is 0.270. The minimum Gasteiger partial charge on any atom is -0.369 e. The van der Waals surface area contributed by atoms with E-state index in [0.29, 0.717) is 25.8 Å². The monoisotopic (exact) mass is 568 g/mol. The lowest BCUT2D eigenvalue weighted by Crippen LogP contribution is -2.54. The maximum Gasteiger partial charge on any atom is 0.251 e. The summed E-state index contributed by atoms with van der Waals surface area (Å²) in [6, 6.07) is 27.1. The van der Waals surface area contributed by atoms with Gasteiger partial charge in [0.15, 0.2) is 0 Å². The molecule has 1 heterocycles. The van der Waals surface area contributed by atoms with Crippen molar-refractivity contribution in [2.45, 2.75) is 58.9 Å². The molecule has 1 aliphatic rings. The molecular weight excluding hydrogens is 524 g/mol. The van der Waals surface area contributed by atoms with Crippen LogP contribution in [0.5, 0.6) is 0 Å². The van der Waals surface area contributed by atoms with Crippen LogP contribution in [-0.2, 0) is 20.8 Å². The van der Waals surface area contributed by atoms with Gasteiger partial charge in [0.05, 0.1) is 17.9 Å². The Balaban J connectivity index is 1.71. The number of nitrogens with zero attached hydrogens (tertiary/aromatic N) is 2. The van der Waals surface area contributed by atoms with E-state index >= 15 is 0 Å². The fourth-order valence-corrected chi connectivity index (χ4v) is 5.87. The Morgan fingerprint density at radius 2 is 1.52 bits per heavy atom. The zero-order valence-electron chi connectivity index (χ0n) is 25.0. The number of anilines is 3. The summed E-state index contributed by atoms with van der Waals surface area (Å²) in [7, 11) is 0. The minimum absolute atomic E-state index is 0.169. The van der Waals surface area contributed by atoms with Crippen molar-refractivity contribution in [3.05, 3.63) is 90.5 Å². The van der Waals surface area contributed by atoms with E-state index in [0.717, 1.165) is 35.5 Å². The zero-order valence-corrected chi connectivity index (χ0v) is 25.0. The highest BCUT2D eigenvalue weighted by Gasteiger charge is 2.38. The summed E-state index contributed by atoms with van der Waals surface area (Å²) >= 11 is 0. The number of carbonyl (C=O) groups is 3. The van der Waals surface area contributed by atoms with E-state index in [2.05, 4.69) is 29.3 Å². The molecule has 4 rings (SSSR count). The number of unbranched alkanes of at least 4 members (excludes halogenated alkanes) is 1. The van der Waals surface area contributed by atoms with Gasteiger partial charge in [0.25, 0.3) is 5.91 Å². The van der Waals surface area contributed by atoms with E-state index < -0.39 is 23.8 Å². The Morgan fingerprint density at radius 3 is 2.14 bits per heavy atom. The molecule has 7 nitrogen and oxygen atoms in total. The molecule has 3 amide bonds. The maximum atomic E-state index is 14.4. The first-order valence-corrected chi connectivity index (χ1v) is 15.2. The molecule has 0 radical (unpaired) electrons. The summed E-state index contributed by atoms with van der Waals surface area (Å²) < 4.78 is 0. The van der Waals surface area contributed by atoms with Gasteiger partial charge in [-0.05, 0) is 55.0 Å². The Kier molecular flexibility index (Phi) is 10.8. The van der Waals surface area contributed by atoms with Gasteiger partial charge < -0.3 is 20.9 Å². The van der Waals surface area contributed by atoms with Gasteiger partial charge in [-0.2, -0.15) is 0 Å². The largest absolute Gasteiger partial charge is 0.369 e. The lowest BCUT2D eigenvalue weighted by molar-refractivity contribution is -0.136. The van der Waals surface area contributed by atoms with Gasteiger partial charge in [-0.15, -0.1) is 0 Å². The van der Waals surface area contributed by atoms with Gasteiger partial charge >= 0.3 is 0 Å². The van der Waals surface area contributed by atoms with Gasteiger partial charge in [0.2, 0.25) is 11.8 Å². The van der Waals surface area contributed by atoms with Crippen LogP contribution in [0, 0.1) is 17.8 Å². The number of nitrogens with two attached hydrogens (primary N) is 1. The SMILES string of the molecule is CCCC[C@H](C(N)=O)[C@@H](CC(C)C)C(=O)NC1CN(c2ccccc2)c2ccccc2N(CCc2ccccc2)C1=O. The van der Waals surface area contributed by atoms with Crippen LogP contribution in [0.2, 0.25) is 0 Å². The van der Waals surface area contributed by atoms with Crippen molar-refractivity contribution in [3.63, 3.8) is 0 Å². The number of carbonyl (C=O) groups excluding carboxylic acids is 3. The molecule has 3 N–H and O–H groups in total. The maximum absolute atomic E-state index is 14.4. The molecule has 0 aliphatic carbocycles. The molecule has 0 saturated heterocycles. The number of rotatable bonds is 13. The Morgan fingerprint density at radius 1 is 0.905 bits per heavy atom. The highest BCUT2D eigenvalue weighted by atomic mass is 16.2. The minimum atomic E-state index is -0.824. The van der Waals surface area contributed by atoms with E-state index in [1.165, 1.54) is 0 Å². The lowest BCUT2D eigenvalue weighted by Gasteiger charge is -2.30. The molecule has 3 atom stereocenters. The molecule has 0 spiro atoms. The predicted molar refractivity (Wildman–Crippen MR) is 169 cm³/mol. The van der Waals surface area contributed by atoms with Gasteiger partial charge in [-0.1, -0.05) is 94.3 Å². The number of hydrogen-bond acceptors (Lipinski definition) is 4. The summed E-state index contributed by atoms with van der Waals surface area (Å²) in [5, 5.41) is 3.11. The first kappa shape index (κ1) is 30.8. The molecular formula is C35H44N4O3. The van der Waals surface area contributed by atoms with Crippen molar-refractivity contribution < 1.29 is 14.4 Å². The normalized spacial score (nSPS) is 16.5. The zero-order chi connectivity index (χ0) is 30.1. The highest BCUT2D eigenvalue weighted by Crippen LogP contribution is 2.37. The van der Waals surface area contributed by atoms with Crippen LogP contribution in [0.1, 0.15) is 52.0 Å². The molecule has 42 heavy (non-hydrogen) atoms. The summed E-state index contributed by atoms with van der Waals surface area (Å²) in [4.78, 5) is 44.8. The number of hydrogen-bond donors (Lipinski definition) is 2. The van der Waals surface area contributed by atoms with Gasteiger partial charge in [0, 0.05) is 24.1 Å². The number of fused-ring (bicyclic) bond motifs is 1. The molecule has 3 aromatic rings. The van der Waals surface area contributed by atoms with Gasteiger partial charge in [-0.3, -0.25) is 14.4 Å². The Bertz CT molecular complexity index is 1330. The molecule has 1 aliphatic heterocycles. The van der Waals surface area contributed by atoms with Crippen molar-refractivity contribution in [1.29, 1.82) is 0 Å². The third-order valence-electron chi connectivity index (χ3n) is 8.03. The number of para-hydroxylation sites is 3. The summed E-state index contributed by atoms with van der Waals surface area (Å²) in [5.41, 5.74) is 9.61. The first-order chi connectivity index (χ1) is 20.3. The fourth-order valence-electron chi connectivity index (χ4n) is 5.87. The molecule has 0 bridgehead atoms. The average Bonchev–Trinajstić information content (AvgIpc) is 3.10. The second-order valence-corrected chi connectivity index (χ2v) is 11.6. The van der Waals surface area contributed by atoms with Crippen LogP contribution in [-0.4, -0.2) is 36.9 Å². The number of nitrogens with one attached hydrogen (secondary N) is 1. The average molecular weight is 569 g/mol. The van der Waals surface area contributed by atoms with Gasteiger partial charge in [0.1, 0.15) is 6.04 Å². The van der Waals surface area contributed by atoms with Crippen molar-refractivity contribution in [2.24, 2.45) is 23.5 Å². The number of amides is 3. The molecule has 7 heteroatoms. The second-order valence-electron chi connectivity index (χ2n) is 11.6. The van der Waals surface area contributed by atoms with E-state index in [1.807, 2.05) is 86.6 Å². The highest BCUT2D eigenvalue weighted by molar-refractivity contribution is 6.04. The van der Waals surface area contributed by atoms with Crippen molar-refractivity contribution >= 4 is 34.8 Å². The standard InChI is InChI=1S/C35H44N4O3/c1-4-5-18-28(33(36)40)29(23-25(2)3)34(41)37-30-24-39(27-16-10-7-11-17-27)32-20-13-12-19-31(32)38(35(30)42)22-21-26-14-8-6-9-15-26/h6-17,19-20,25,28-30H,4-5,18,21-24H2,1-3H3,(H2,36,40)(H,37,41)/t28-,29+,30?/m0/s1. The summed E-state index contributed by atoms with van der Waals surface area (Å²) in [5.74, 6) is -1.91. The fraction of sp³-hybridized carbons (Fsp3) is 0.400. The second kappa shape index (κ2) is 14.7. The van der Waals surface area contributed by atoms with Crippen molar-refractivity contribution in [2.75, 3.05) is 22.9 Å². The Hall–Kier alpha value is -4.13. The third-order valence-corrected chi connectivity index (χ3v) is 8.03. The van der Waals surface area contributed by atoms with E-state index in [9.17, 15) is 14.4 Å². The van der Waals surface area contributed by atoms with Crippen LogP contribution >= 0.6 is 0 Å². The van der Waals surface area contributed by atoms with Gasteiger partial charge in [-0.25, -0.2) is 0 Å². The van der Waals surface area contributed by atoms with Crippen LogP contribution in [0.25, 0.3) is 0 Å².